The third kappa shape index (κ3) is 5.15. The van der Waals surface area contributed by atoms with Crippen LogP contribution in [0.4, 0.5) is 13.2 Å². The van der Waals surface area contributed by atoms with Crippen LogP contribution in [0.2, 0.25) is 0 Å². The fourth-order valence-electron chi connectivity index (χ4n) is 0.133. The number of alkyl halides is 3. The summed E-state index contributed by atoms with van der Waals surface area (Å²) in [5.41, 5.74) is 0. The van der Waals surface area contributed by atoms with E-state index < -0.39 is 6.30 Å². The van der Waals surface area contributed by atoms with E-state index in [9.17, 15) is 13.2 Å². The van der Waals surface area contributed by atoms with Crippen LogP contribution in [0.5, 0.6) is 0 Å². The second-order valence-corrected chi connectivity index (χ2v) is 0.998. The van der Waals surface area contributed by atoms with Crippen LogP contribution in [0.25, 0.3) is 0 Å². The van der Waals surface area contributed by atoms with Gasteiger partial charge in [0.15, 0.2) is 0 Å². The Kier molecular flexibility index (Phi) is 2.19. The first kappa shape index (κ1) is 7.15. The average molecular weight is 123 g/mol. The van der Waals surface area contributed by atoms with Crippen LogP contribution < -0.4 is 5.32 Å². The van der Waals surface area contributed by atoms with E-state index in [4.69, 9.17) is 0 Å². The van der Waals surface area contributed by atoms with E-state index in [0.717, 1.165) is 5.32 Å². The molecule has 0 aliphatic carbocycles. The van der Waals surface area contributed by atoms with Crippen molar-refractivity contribution in [2.45, 2.75) is 13.2 Å². The maximum Gasteiger partial charge on any atom is 0.489 e. The summed E-state index contributed by atoms with van der Waals surface area (Å²) in [6.07, 6.45) is -4.37. The summed E-state index contributed by atoms with van der Waals surface area (Å²) >= 11 is 0. The second-order valence-electron chi connectivity index (χ2n) is 0.998. The van der Waals surface area contributed by atoms with Crippen molar-refractivity contribution in [2.75, 3.05) is 0 Å². The van der Waals surface area contributed by atoms with Crippen molar-refractivity contribution in [3.05, 3.63) is 0 Å². The molecule has 0 saturated heterocycles. The Hall–Kier alpha value is -0.850. The Morgan fingerprint density at radius 3 is 2.00 bits per heavy atom. The van der Waals surface area contributed by atoms with Gasteiger partial charge < -0.3 is 0 Å². The topological polar surface area (TPSA) is 12.0 Å². The molecule has 0 bridgehead atoms. The maximum absolute atomic E-state index is 11.0. The Morgan fingerprint density at radius 1 is 1.38 bits per heavy atom. The lowest BCUT2D eigenvalue weighted by Gasteiger charge is -1.99. The molecule has 0 spiro atoms. The summed E-state index contributed by atoms with van der Waals surface area (Å²) < 4.78 is 33.1. The van der Waals surface area contributed by atoms with Gasteiger partial charge in [-0.1, -0.05) is 5.92 Å². The smallest absolute Gasteiger partial charge is 0.256 e. The van der Waals surface area contributed by atoms with Crippen LogP contribution in [0.3, 0.4) is 0 Å². The van der Waals surface area contributed by atoms with E-state index >= 15 is 0 Å². The Balaban J connectivity index is 3.50. The SMILES string of the molecule is CC#CNC(F)(F)F. The van der Waals surface area contributed by atoms with Gasteiger partial charge in [0.2, 0.25) is 0 Å². The average Bonchev–Trinajstić information content (AvgIpc) is 1.59. The molecule has 0 aliphatic heterocycles. The molecule has 0 unspecified atom stereocenters. The Bertz CT molecular complexity index is 115. The molecule has 0 aromatic carbocycles. The quantitative estimate of drug-likeness (QED) is 0.288. The van der Waals surface area contributed by atoms with Crippen LogP contribution >= 0.6 is 0 Å². The molecule has 0 saturated carbocycles. The van der Waals surface area contributed by atoms with Gasteiger partial charge in [0.25, 0.3) is 0 Å². The minimum atomic E-state index is -4.37. The molecule has 0 radical (unpaired) electrons. The first-order valence-electron chi connectivity index (χ1n) is 1.82. The molecule has 0 rings (SSSR count). The van der Waals surface area contributed by atoms with Crippen LogP contribution in [-0.4, -0.2) is 6.30 Å². The molecular weight excluding hydrogens is 119 g/mol. The molecule has 1 N–H and O–H groups in total. The van der Waals surface area contributed by atoms with Gasteiger partial charge in [-0.3, -0.25) is 5.32 Å². The monoisotopic (exact) mass is 123 g/mol. The van der Waals surface area contributed by atoms with Crippen molar-refractivity contribution >= 4 is 0 Å². The highest BCUT2D eigenvalue weighted by molar-refractivity contribution is 4.92. The lowest BCUT2D eigenvalue weighted by molar-refractivity contribution is -0.144. The summed E-state index contributed by atoms with van der Waals surface area (Å²) in [4.78, 5) is 0. The normalized spacial score (nSPS) is 9.50. The predicted octanol–water partition coefficient (Wildman–Crippen LogP) is 1.08. The Morgan fingerprint density at radius 2 is 1.88 bits per heavy atom. The molecule has 1 nitrogen and oxygen atoms in total. The number of hydrogen-bond donors (Lipinski definition) is 1. The molecule has 4 heteroatoms. The maximum atomic E-state index is 11.0. The van der Waals surface area contributed by atoms with Crippen molar-refractivity contribution in [3.63, 3.8) is 0 Å². The van der Waals surface area contributed by atoms with Crippen LogP contribution in [-0.2, 0) is 0 Å². The first-order valence-corrected chi connectivity index (χ1v) is 1.82. The third-order valence-corrected chi connectivity index (χ3v) is 0.329. The lowest BCUT2D eigenvalue weighted by Crippen LogP contribution is -2.26. The van der Waals surface area contributed by atoms with Crippen molar-refractivity contribution in [1.29, 1.82) is 0 Å². The van der Waals surface area contributed by atoms with Crippen LogP contribution in [0.15, 0.2) is 0 Å². The van der Waals surface area contributed by atoms with Gasteiger partial charge in [-0.15, -0.1) is 13.2 Å². The fraction of sp³-hybridized carbons (Fsp3) is 0.500. The van der Waals surface area contributed by atoms with Crippen molar-refractivity contribution in [3.8, 4) is 12.0 Å². The zero-order valence-corrected chi connectivity index (χ0v) is 4.13. The standard InChI is InChI=1S/C4H4F3N/c1-2-3-8-4(5,6)7/h8H,1H3. The second kappa shape index (κ2) is 2.46. The highest BCUT2D eigenvalue weighted by Gasteiger charge is 2.24. The molecule has 0 fully saturated rings. The van der Waals surface area contributed by atoms with Crippen molar-refractivity contribution in [2.24, 2.45) is 0 Å². The predicted molar refractivity (Wildman–Crippen MR) is 22.6 cm³/mol. The van der Waals surface area contributed by atoms with Crippen LogP contribution in [0, 0.1) is 12.0 Å². The van der Waals surface area contributed by atoms with Crippen molar-refractivity contribution < 1.29 is 13.2 Å². The largest absolute Gasteiger partial charge is 0.489 e. The zero-order chi connectivity index (χ0) is 6.62. The number of hydrogen-bond acceptors (Lipinski definition) is 1. The van der Waals surface area contributed by atoms with Crippen molar-refractivity contribution in [1.82, 2.24) is 5.32 Å². The summed E-state index contributed by atoms with van der Waals surface area (Å²) in [6.45, 7) is 1.32. The molecule has 0 heterocycles. The number of nitrogens with one attached hydrogen (secondary N) is 1. The summed E-state index contributed by atoms with van der Waals surface area (Å²) in [7, 11) is 0. The molecule has 8 heavy (non-hydrogen) atoms. The molecule has 0 atom stereocenters. The minimum Gasteiger partial charge on any atom is -0.256 e. The van der Waals surface area contributed by atoms with E-state index in [2.05, 4.69) is 0 Å². The van der Waals surface area contributed by atoms with E-state index in [1.165, 1.54) is 6.92 Å². The van der Waals surface area contributed by atoms with Crippen LogP contribution in [0.1, 0.15) is 6.92 Å². The third-order valence-electron chi connectivity index (χ3n) is 0.329. The summed E-state index contributed by atoms with van der Waals surface area (Å²) in [5.74, 6) is 2.04. The minimum absolute atomic E-state index is 1.01. The van der Waals surface area contributed by atoms with Gasteiger partial charge in [-0.2, -0.15) is 0 Å². The number of halogens is 3. The van der Waals surface area contributed by atoms with E-state index in [0.29, 0.717) is 0 Å². The van der Waals surface area contributed by atoms with E-state index in [-0.39, 0.29) is 0 Å². The van der Waals surface area contributed by atoms with Gasteiger partial charge in [0.05, 0.1) is 0 Å². The van der Waals surface area contributed by atoms with Gasteiger partial charge in [0.1, 0.15) is 0 Å². The van der Waals surface area contributed by atoms with Gasteiger partial charge >= 0.3 is 6.30 Å². The molecule has 0 amide bonds. The number of rotatable bonds is 0. The van der Waals surface area contributed by atoms with Gasteiger partial charge in [0, 0.05) is 6.04 Å². The van der Waals surface area contributed by atoms with Gasteiger partial charge in [-0.25, -0.2) is 0 Å². The molecule has 0 aliphatic rings. The van der Waals surface area contributed by atoms with Gasteiger partial charge in [-0.05, 0) is 6.92 Å². The highest BCUT2D eigenvalue weighted by atomic mass is 19.4. The molecule has 0 aromatic heterocycles. The van der Waals surface area contributed by atoms with E-state index in [1.54, 1.807) is 6.04 Å². The Labute approximate surface area is 44.9 Å². The molecule has 0 aromatic rings. The highest BCUT2D eigenvalue weighted by Crippen LogP contribution is 2.07. The van der Waals surface area contributed by atoms with E-state index in [1.807, 2.05) is 5.92 Å². The fourth-order valence-corrected chi connectivity index (χ4v) is 0.133. The summed E-state index contributed by atoms with van der Waals surface area (Å²) in [5, 5.41) is 1.01. The summed E-state index contributed by atoms with van der Waals surface area (Å²) in [6, 6.07) is 1.66. The first-order chi connectivity index (χ1) is 3.56. The lowest BCUT2D eigenvalue weighted by atomic mass is 10.8. The molecule has 46 valence electrons. The molecular formula is C4H4F3N. The zero-order valence-electron chi connectivity index (χ0n) is 4.13.